The Morgan fingerprint density at radius 1 is 1.20 bits per heavy atom. The summed E-state index contributed by atoms with van der Waals surface area (Å²) in [6, 6.07) is 0. The van der Waals surface area contributed by atoms with Gasteiger partial charge in [-0.15, -0.1) is 0 Å². The Bertz CT molecular complexity index is 246. The number of hydrogen-bond donors (Lipinski definition) is 1. The molecule has 0 spiro atoms. The molecule has 1 atom stereocenters. The number of methoxy groups -OCH3 is 1. The largest absolute Gasteiger partial charge is 0.469 e. The fourth-order valence-corrected chi connectivity index (χ4v) is 3.36. The van der Waals surface area contributed by atoms with E-state index in [4.69, 9.17) is 4.74 Å². The average Bonchev–Trinajstić information content (AvgIpc) is 2.30. The van der Waals surface area contributed by atoms with Crippen molar-refractivity contribution in [3.8, 4) is 0 Å². The van der Waals surface area contributed by atoms with Crippen molar-refractivity contribution in [1.29, 1.82) is 0 Å². The van der Waals surface area contributed by atoms with Crippen LogP contribution in [0.4, 0.5) is 0 Å². The Labute approximate surface area is 90.8 Å². The molecule has 0 aromatic heterocycles. The van der Waals surface area contributed by atoms with Gasteiger partial charge in [-0.25, -0.2) is 0 Å². The zero-order valence-corrected chi connectivity index (χ0v) is 9.58. The highest BCUT2D eigenvalue weighted by Crippen LogP contribution is 2.58. The summed E-state index contributed by atoms with van der Waals surface area (Å²) < 4.78 is 4.90. The van der Waals surface area contributed by atoms with E-state index < -0.39 is 0 Å². The molecular weight excluding hydrogens is 192 g/mol. The standard InChI is InChI=1S/C12H20O3/c1-9(13)11-3-6-12(7-4-11,8-5-11)10(14)15-2/h9,13H,3-8H2,1-2H3. The van der Waals surface area contributed by atoms with E-state index in [9.17, 15) is 9.90 Å². The average molecular weight is 212 g/mol. The van der Waals surface area contributed by atoms with Crippen LogP contribution in [-0.4, -0.2) is 24.3 Å². The molecule has 3 nitrogen and oxygen atoms in total. The number of esters is 1. The Kier molecular flexibility index (Phi) is 2.53. The maximum absolute atomic E-state index is 11.7. The highest BCUT2D eigenvalue weighted by molar-refractivity contribution is 5.77. The quantitative estimate of drug-likeness (QED) is 0.711. The van der Waals surface area contributed by atoms with Crippen molar-refractivity contribution in [2.75, 3.05) is 7.11 Å². The lowest BCUT2D eigenvalue weighted by atomic mass is 9.52. The molecule has 3 fully saturated rings. The van der Waals surface area contributed by atoms with E-state index in [1.54, 1.807) is 0 Å². The molecule has 0 aliphatic heterocycles. The number of fused-ring (bicyclic) bond motifs is 3. The molecule has 0 amide bonds. The molecule has 0 aromatic rings. The van der Waals surface area contributed by atoms with Crippen molar-refractivity contribution >= 4 is 5.97 Å². The summed E-state index contributed by atoms with van der Waals surface area (Å²) in [6.45, 7) is 1.89. The SMILES string of the molecule is COC(=O)C12CCC(C(C)O)(CC1)CC2. The number of rotatable bonds is 2. The maximum atomic E-state index is 11.7. The van der Waals surface area contributed by atoms with Crippen molar-refractivity contribution in [3.63, 3.8) is 0 Å². The molecule has 2 bridgehead atoms. The molecule has 3 heteroatoms. The fourth-order valence-electron chi connectivity index (χ4n) is 3.36. The van der Waals surface area contributed by atoms with Crippen molar-refractivity contribution in [2.24, 2.45) is 10.8 Å². The van der Waals surface area contributed by atoms with Crippen LogP contribution in [0.1, 0.15) is 45.4 Å². The Balaban J connectivity index is 2.14. The summed E-state index contributed by atoms with van der Waals surface area (Å²) in [4.78, 5) is 11.7. The lowest BCUT2D eigenvalue weighted by Crippen LogP contribution is -2.50. The van der Waals surface area contributed by atoms with E-state index in [0.717, 1.165) is 38.5 Å². The van der Waals surface area contributed by atoms with Gasteiger partial charge in [0, 0.05) is 0 Å². The molecule has 1 unspecified atom stereocenters. The minimum absolute atomic E-state index is 0.0404. The number of ether oxygens (including phenoxy) is 1. The van der Waals surface area contributed by atoms with Crippen LogP contribution in [0.3, 0.4) is 0 Å². The minimum atomic E-state index is -0.242. The van der Waals surface area contributed by atoms with Crippen LogP contribution in [0.2, 0.25) is 0 Å². The van der Waals surface area contributed by atoms with Gasteiger partial charge in [-0.3, -0.25) is 4.79 Å². The number of aliphatic hydroxyl groups is 1. The van der Waals surface area contributed by atoms with Gasteiger partial charge in [0.15, 0.2) is 0 Å². The van der Waals surface area contributed by atoms with Gasteiger partial charge in [-0.2, -0.15) is 0 Å². The van der Waals surface area contributed by atoms with Gasteiger partial charge in [0.05, 0.1) is 18.6 Å². The van der Waals surface area contributed by atoms with Crippen LogP contribution >= 0.6 is 0 Å². The van der Waals surface area contributed by atoms with Gasteiger partial charge in [-0.1, -0.05) is 0 Å². The summed E-state index contributed by atoms with van der Waals surface area (Å²) in [5.74, 6) is -0.0404. The zero-order chi connectivity index (χ0) is 11.1. The first-order valence-electron chi connectivity index (χ1n) is 5.81. The first kappa shape index (κ1) is 10.9. The van der Waals surface area contributed by atoms with Gasteiger partial charge in [0.25, 0.3) is 0 Å². The third-order valence-corrected chi connectivity index (χ3v) is 4.81. The van der Waals surface area contributed by atoms with Gasteiger partial charge in [0.2, 0.25) is 0 Å². The lowest BCUT2D eigenvalue weighted by molar-refractivity contribution is -0.167. The Morgan fingerprint density at radius 3 is 2.00 bits per heavy atom. The number of aliphatic hydroxyl groups excluding tert-OH is 1. The molecule has 3 saturated carbocycles. The van der Waals surface area contributed by atoms with Crippen molar-refractivity contribution in [1.82, 2.24) is 0 Å². The van der Waals surface area contributed by atoms with Crippen LogP contribution in [0, 0.1) is 10.8 Å². The van der Waals surface area contributed by atoms with E-state index in [2.05, 4.69) is 0 Å². The van der Waals surface area contributed by atoms with Crippen molar-refractivity contribution in [2.45, 2.75) is 51.6 Å². The molecule has 1 N–H and O–H groups in total. The second-order valence-corrected chi connectivity index (χ2v) is 5.31. The van der Waals surface area contributed by atoms with Gasteiger partial charge in [-0.05, 0) is 50.9 Å². The van der Waals surface area contributed by atoms with Gasteiger partial charge < -0.3 is 9.84 Å². The van der Waals surface area contributed by atoms with Crippen molar-refractivity contribution < 1.29 is 14.6 Å². The first-order chi connectivity index (χ1) is 7.05. The third kappa shape index (κ3) is 1.48. The fraction of sp³-hybridized carbons (Fsp3) is 0.917. The van der Waals surface area contributed by atoms with Crippen LogP contribution in [-0.2, 0) is 9.53 Å². The minimum Gasteiger partial charge on any atom is -0.469 e. The van der Waals surface area contributed by atoms with Crippen LogP contribution in [0.5, 0.6) is 0 Å². The summed E-state index contributed by atoms with van der Waals surface area (Å²) in [5, 5.41) is 9.82. The highest BCUT2D eigenvalue weighted by Gasteiger charge is 2.54. The first-order valence-corrected chi connectivity index (χ1v) is 5.81. The van der Waals surface area contributed by atoms with E-state index in [1.807, 2.05) is 6.92 Å². The van der Waals surface area contributed by atoms with Crippen LogP contribution in [0.15, 0.2) is 0 Å². The molecule has 0 aromatic carbocycles. The summed E-state index contributed by atoms with van der Waals surface area (Å²) in [6.07, 6.45) is 5.35. The summed E-state index contributed by atoms with van der Waals surface area (Å²) in [7, 11) is 1.47. The summed E-state index contributed by atoms with van der Waals surface area (Å²) >= 11 is 0. The predicted molar refractivity (Wildman–Crippen MR) is 56.3 cm³/mol. The number of hydrogen-bond acceptors (Lipinski definition) is 3. The predicted octanol–water partition coefficient (Wildman–Crippen LogP) is 1.88. The van der Waals surface area contributed by atoms with Crippen LogP contribution in [0.25, 0.3) is 0 Å². The lowest BCUT2D eigenvalue weighted by Gasteiger charge is -2.53. The summed E-state index contributed by atoms with van der Waals surface area (Å²) in [5.41, 5.74) is -0.124. The molecule has 86 valence electrons. The molecule has 3 aliphatic rings. The number of carbonyl (C=O) groups excluding carboxylic acids is 1. The Hall–Kier alpha value is -0.570. The molecule has 0 radical (unpaired) electrons. The zero-order valence-electron chi connectivity index (χ0n) is 9.58. The van der Waals surface area contributed by atoms with Gasteiger partial charge >= 0.3 is 5.97 Å². The molecule has 0 saturated heterocycles. The van der Waals surface area contributed by atoms with E-state index >= 15 is 0 Å². The van der Waals surface area contributed by atoms with Crippen LogP contribution < -0.4 is 0 Å². The third-order valence-electron chi connectivity index (χ3n) is 4.81. The maximum Gasteiger partial charge on any atom is 0.311 e. The van der Waals surface area contributed by atoms with E-state index in [1.165, 1.54) is 7.11 Å². The molecule has 0 heterocycles. The van der Waals surface area contributed by atoms with Crippen molar-refractivity contribution in [3.05, 3.63) is 0 Å². The highest BCUT2D eigenvalue weighted by atomic mass is 16.5. The second-order valence-electron chi connectivity index (χ2n) is 5.31. The normalized spacial score (nSPS) is 41.3. The van der Waals surface area contributed by atoms with Gasteiger partial charge in [0.1, 0.15) is 0 Å². The molecule has 3 rings (SSSR count). The Morgan fingerprint density at radius 2 is 1.67 bits per heavy atom. The van der Waals surface area contributed by atoms with E-state index in [-0.39, 0.29) is 22.9 Å². The van der Waals surface area contributed by atoms with E-state index in [0.29, 0.717) is 0 Å². The monoisotopic (exact) mass is 212 g/mol. The topological polar surface area (TPSA) is 46.5 Å². The number of carbonyl (C=O) groups is 1. The second kappa shape index (κ2) is 3.48. The molecule has 15 heavy (non-hydrogen) atoms. The smallest absolute Gasteiger partial charge is 0.311 e. The molecule has 3 aliphatic carbocycles. The molecular formula is C12H20O3.